The van der Waals surface area contributed by atoms with Crippen LogP contribution in [0.1, 0.15) is 129 Å². The van der Waals surface area contributed by atoms with Gasteiger partial charge in [0.25, 0.3) is 0 Å². The lowest BCUT2D eigenvalue weighted by molar-refractivity contribution is -0.909. The molecule has 0 aliphatic heterocycles. The molecule has 2 N–H and O–H groups in total. The Kier molecular flexibility index (Phi) is 22.3. The van der Waals surface area contributed by atoms with Crippen molar-refractivity contribution in [3.05, 3.63) is 12.2 Å². The molecule has 0 spiro atoms. The summed E-state index contributed by atoms with van der Waals surface area (Å²) < 4.78 is -0.499. The summed E-state index contributed by atoms with van der Waals surface area (Å²) in [5.41, 5.74) is 0. The van der Waals surface area contributed by atoms with E-state index in [-0.39, 0.29) is 6.54 Å². The maximum atomic E-state index is 11.2. The molecule has 0 aromatic heterocycles. The monoisotopic (exact) mass is 511 g/mol. The molecule has 0 heterocycles. The zero-order valence-corrected chi connectivity index (χ0v) is 22.9. The number of carboxylic acid groups (broad SMARTS) is 3. The Bertz CT molecular complexity index is 564. The topological polar surface area (TPSA) is 115 Å². The summed E-state index contributed by atoms with van der Waals surface area (Å²) in [6, 6.07) is 0. The second-order valence-electron chi connectivity index (χ2n) is 10.4. The number of aliphatic carboxylic acids is 3. The Hall–Kier alpha value is -1.89. The summed E-state index contributed by atoms with van der Waals surface area (Å²) in [6.07, 6.45) is 27.7. The summed E-state index contributed by atoms with van der Waals surface area (Å²) in [5, 5.41) is 29.3. The summed E-state index contributed by atoms with van der Waals surface area (Å²) in [4.78, 5) is 33.4. The first-order valence-corrected chi connectivity index (χ1v) is 14.4. The third-order valence-corrected chi connectivity index (χ3v) is 6.80. The average Bonchev–Trinajstić information content (AvgIpc) is 2.78. The Balaban J connectivity index is 3.69. The van der Waals surface area contributed by atoms with Gasteiger partial charge in [-0.05, 0) is 38.5 Å². The van der Waals surface area contributed by atoms with Gasteiger partial charge < -0.3 is 24.6 Å². The van der Waals surface area contributed by atoms with Crippen molar-refractivity contribution in [3.8, 4) is 0 Å². The highest BCUT2D eigenvalue weighted by molar-refractivity contribution is 5.72. The molecule has 0 rings (SSSR count). The molecule has 36 heavy (non-hydrogen) atoms. The lowest BCUT2D eigenvalue weighted by Gasteiger charge is -2.36. The smallest absolute Gasteiger partial charge is 0.359 e. The van der Waals surface area contributed by atoms with Gasteiger partial charge in [-0.2, -0.15) is 0 Å². The molecule has 0 aromatic rings. The molecular formula is C29H53NO6. The number of rotatable bonds is 27. The minimum Gasteiger partial charge on any atom is -0.544 e. The van der Waals surface area contributed by atoms with E-state index in [1.54, 1.807) is 0 Å². The van der Waals surface area contributed by atoms with Crippen molar-refractivity contribution < 1.29 is 34.2 Å². The van der Waals surface area contributed by atoms with Gasteiger partial charge in [-0.3, -0.25) is 0 Å². The van der Waals surface area contributed by atoms with Crippen LogP contribution in [0.2, 0.25) is 0 Å². The van der Waals surface area contributed by atoms with Crippen molar-refractivity contribution in [3.63, 3.8) is 0 Å². The minimum absolute atomic E-state index is 0.222. The molecule has 0 aliphatic carbocycles. The van der Waals surface area contributed by atoms with E-state index in [4.69, 9.17) is 10.2 Å². The molecule has 0 bridgehead atoms. The highest BCUT2D eigenvalue weighted by atomic mass is 16.4. The number of carboxylic acids is 3. The van der Waals surface area contributed by atoms with Crippen molar-refractivity contribution in [1.82, 2.24) is 0 Å². The number of allylic oxidation sites excluding steroid dienone is 2. The molecule has 0 saturated heterocycles. The minimum atomic E-state index is -1.42. The molecule has 0 atom stereocenters. The predicted molar refractivity (Wildman–Crippen MR) is 143 cm³/mol. The quantitative estimate of drug-likeness (QED) is 0.0829. The summed E-state index contributed by atoms with van der Waals surface area (Å²) >= 11 is 0. The molecule has 7 heteroatoms. The molecule has 0 aliphatic rings. The van der Waals surface area contributed by atoms with Gasteiger partial charge in [0.2, 0.25) is 0 Å². The summed E-state index contributed by atoms with van der Waals surface area (Å²) in [5.74, 6) is -3.81. The van der Waals surface area contributed by atoms with Crippen LogP contribution in [0.15, 0.2) is 12.2 Å². The molecule has 7 nitrogen and oxygen atoms in total. The van der Waals surface area contributed by atoms with Gasteiger partial charge in [0, 0.05) is 0 Å². The fourth-order valence-electron chi connectivity index (χ4n) is 4.83. The number of quaternary nitrogens is 1. The van der Waals surface area contributed by atoms with E-state index >= 15 is 0 Å². The molecule has 0 aromatic carbocycles. The van der Waals surface area contributed by atoms with Crippen LogP contribution in [-0.4, -0.2) is 58.8 Å². The zero-order chi connectivity index (χ0) is 26.9. The lowest BCUT2D eigenvalue weighted by atomic mass is 10.0. The van der Waals surface area contributed by atoms with Crippen LogP contribution < -0.4 is 5.11 Å². The van der Waals surface area contributed by atoms with Gasteiger partial charge in [0.1, 0.15) is 6.54 Å². The Morgan fingerprint density at radius 2 is 0.944 bits per heavy atom. The van der Waals surface area contributed by atoms with E-state index in [1.807, 2.05) is 0 Å². The van der Waals surface area contributed by atoms with Crippen LogP contribution in [0, 0.1) is 0 Å². The SMILES string of the molecule is CCCCCCCCC/C=C/CCCCCCCCCCCC[N+](CC(=O)[O-])(CC(=O)O)CC(=O)O. The van der Waals surface area contributed by atoms with Crippen LogP contribution in [0.5, 0.6) is 0 Å². The van der Waals surface area contributed by atoms with Gasteiger partial charge in [-0.15, -0.1) is 0 Å². The highest BCUT2D eigenvalue weighted by Gasteiger charge is 2.33. The third kappa shape index (κ3) is 22.6. The second-order valence-corrected chi connectivity index (χ2v) is 10.4. The number of carbonyl (C=O) groups excluding carboxylic acids is 1. The van der Waals surface area contributed by atoms with Gasteiger partial charge in [-0.25, -0.2) is 9.59 Å². The van der Waals surface area contributed by atoms with E-state index in [0.29, 0.717) is 6.42 Å². The number of unbranched alkanes of at least 4 members (excludes halogenated alkanes) is 17. The maximum Gasteiger partial charge on any atom is 0.359 e. The fourth-order valence-corrected chi connectivity index (χ4v) is 4.83. The molecule has 0 unspecified atom stereocenters. The van der Waals surface area contributed by atoms with Crippen LogP contribution >= 0.6 is 0 Å². The lowest BCUT2D eigenvalue weighted by Crippen LogP contribution is -2.59. The van der Waals surface area contributed by atoms with Crippen LogP contribution in [0.3, 0.4) is 0 Å². The normalized spacial score (nSPS) is 11.8. The predicted octanol–water partition coefficient (Wildman–Crippen LogP) is 5.71. The third-order valence-electron chi connectivity index (χ3n) is 6.80. The number of nitrogens with zero attached hydrogens (tertiary/aromatic N) is 1. The first-order valence-electron chi connectivity index (χ1n) is 14.4. The first-order chi connectivity index (χ1) is 17.3. The zero-order valence-electron chi connectivity index (χ0n) is 22.9. The summed E-state index contributed by atoms with van der Waals surface area (Å²) in [7, 11) is 0. The van der Waals surface area contributed by atoms with E-state index in [0.717, 1.165) is 19.3 Å². The molecule has 210 valence electrons. The highest BCUT2D eigenvalue weighted by Crippen LogP contribution is 2.15. The Morgan fingerprint density at radius 3 is 1.31 bits per heavy atom. The Morgan fingerprint density at radius 1 is 0.583 bits per heavy atom. The van der Waals surface area contributed by atoms with E-state index in [9.17, 15) is 19.5 Å². The molecular weight excluding hydrogens is 458 g/mol. The standard InChI is InChI=1S/C29H53NO6/c1-2-3-4-5-6-7-8-9-10-11-12-13-14-15-16-17-18-19-20-21-22-23-30(24-27(31)32,25-28(33)34)26-29(35)36/h10-11H,2-9,12-26H2,1H3,(H2-,31,32,33,34,35,36)/b11-10+. The molecule has 0 fully saturated rings. The van der Waals surface area contributed by atoms with Gasteiger partial charge >= 0.3 is 11.9 Å². The van der Waals surface area contributed by atoms with Crippen molar-refractivity contribution in [2.45, 2.75) is 129 Å². The molecule has 0 saturated carbocycles. The van der Waals surface area contributed by atoms with Gasteiger partial charge in [-0.1, -0.05) is 103 Å². The number of carbonyl (C=O) groups is 3. The van der Waals surface area contributed by atoms with Crippen molar-refractivity contribution in [2.75, 3.05) is 26.2 Å². The van der Waals surface area contributed by atoms with Crippen LogP contribution in [0.25, 0.3) is 0 Å². The van der Waals surface area contributed by atoms with E-state index in [2.05, 4.69) is 19.1 Å². The largest absolute Gasteiger partial charge is 0.544 e. The number of hydrogen-bond acceptors (Lipinski definition) is 4. The van der Waals surface area contributed by atoms with Crippen LogP contribution in [-0.2, 0) is 14.4 Å². The van der Waals surface area contributed by atoms with Crippen molar-refractivity contribution in [2.24, 2.45) is 0 Å². The van der Waals surface area contributed by atoms with E-state index in [1.165, 1.54) is 96.3 Å². The van der Waals surface area contributed by atoms with Crippen LogP contribution in [0.4, 0.5) is 0 Å². The van der Waals surface area contributed by atoms with Crippen molar-refractivity contribution >= 4 is 17.9 Å². The van der Waals surface area contributed by atoms with Crippen molar-refractivity contribution in [1.29, 1.82) is 0 Å². The average molecular weight is 512 g/mol. The Labute approximate surface area is 219 Å². The summed E-state index contributed by atoms with van der Waals surface area (Å²) in [6.45, 7) is 0.854. The van der Waals surface area contributed by atoms with Gasteiger partial charge in [0.05, 0.1) is 12.5 Å². The maximum absolute atomic E-state index is 11.2. The fraction of sp³-hybridized carbons (Fsp3) is 0.828. The molecule has 0 radical (unpaired) electrons. The second kappa shape index (κ2) is 23.5. The number of hydrogen-bond donors (Lipinski definition) is 2. The molecule has 0 amide bonds. The van der Waals surface area contributed by atoms with E-state index < -0.39 is 42.0 Å². The first kappa shape index (κ1) is 34.1. The van der Waals surface area contributed by atoms with Gasteiger partial charge in [0.15, 0.2) is 13.1 Å².